The molecule has 2 unspecified atom stereocenters. The normalized spacial score (nSPS) is 21.8. The minimum Gasteiger partial charge on any atom is -0.354 e. The molecule has 2 atom stereocenters. The van der Waals surface area contributed by atoms with Gasteiger partial charge >= 0.3 is 0 Å². The Kier molecular flexibility index (Phi) is 5.51. The first kappa shape index (κ1) is 16.6. The summed E-state index contributed by atoms with van der Waals surface area (Å²) in [6.07, 6.45) is 6.81. The van der Waals surface area contributed by atoms with Gasteiger partial charge in [-0.25, -0.2) is 4.98 Å². The van der Waals surface area contributed by atoms with Crippen LogP contribution in [0.1, 0.15) is 24.8 Å². The third-order valence-corrected chi connectivity index (χ3v) is 4.86. The number of hydrogen-bond donors (Lipinski definition) is 1. The highest BCUT2D eigenvalue weighted by Crippen LogP contribution is 2.32. The van der Waals surface area contributed by atoms with Gasteiger partial charge in [0.25, 0.3) is 0 Å². The average molecular weight is 325 g/mol. The van der Waals surface area contributed by atoms with Crippen LogP contribution in [0.3, 0.4) is 0 Å². The Bertz CT molecular complexity index is 635. The Hall–Kier alpha value is -2.30. The molecule has 0 aliphatic carbocycles. The Morgan fingerprint density at radius 3 is 2.83 bits per heavy atom. The third-order valence-electron chi connectivity index (χ3n) is 4.86. The molecule has 5 heteroatoms. The van der Waals surface area contributed by atoms with Crippen molar-refractivity contribution in [2.24, 2.45) is 10.9 Å². The first-order valence-electron chi connectivity index (χ1n) is 8.74. The number of hydrogen-bond acceptors (Lipinski definition) is 2. The molecule has 0 radical (unpaired) electrons. The molecule has 1 saturated heterocycles. The molecule has 2 aromatic rings. The Labute approximate surface area is 144 Å². The topological polar surface area (TPSA) is 45.5 Å². The van der Waals surface area contributed by atoms with Gasteiger partial charge in [0.05, 0.1) is 6.33 Å². The number of likely N-dealkylation sites (tertiary alicyclic amines) is 1. The fourth-order valence-electron chi connectivity index (χ4n) is 3.58. The largest absolute Gasteiger partial charge is 0.354 e. The van der Waals surface area contributed by atoms with Crippen molar-refractivity contribution in [1.29, 1.82) is 0 Å². The van der Waals surface area contributed by atoms with Gasteiger partial charge in [0.1, 0.15) is 0 Å². The minimum absolute atomic E-state index is 0.619. The minimum atomic E-state index is 0.619. The number of aliphatic imine (C=N–C) groups is 1. The van der Waals surface area contributed by atoms with Gasteiger partial charge in [-0.15, -0.1) is 0 Å². The predicted octanol–water partition coefficient (Wildman–Crippen LogP) is 2.58. The monoisotopic (exact) mass is 325 g/mol. The van der Waals surface area contributed by atoms with Crippen molar-refractivity contribution in [3.63, 3.8) is 0 Å². The van der Waals surface area contributed by atoms with Crippen LogP contribution in [0.4, 0.5) is 0 Å². The number of rotatable bonds is 4. The molecule has 128 valence electrons. The van der Waals surface area contributed by atoms with Crippen LogP contribution < -0.4 is 5.32 Å². The van der Waals surface area contributed by atoms with Gasteiger partial charge < -0.3 is 14.8 Å². The highest BCUT2D eigenvalue weighted by molar-refractivity contribution is 5.80. The zero-order valence-electron chi connectivity index (χ0n) is 14.6. The van der Waals surface area contributed by atoms with Crippen LogP contribution in [0.2, 0.25) is 0 Å². The predicted molar refractivity (Wildman–Crippen MR) is 98.1 cm³/mol. The summed E-state index contributed by atoms with van der Waals surface area (Å²) in [5.41, 5.74) is 1.47. The number of piperidine rings is 1. The molecule has 1 fully saturated rings. The van der Waals surface area contributed by atoms with Gasteiger partial charge in [0.15, 0.2) is 5.96 Å². The van der Waals surface area contributed by atoms with Crippen LogP contribution in [0, 0.1) is 5.92 Å². The summed E-state index contributed by atoms with van der Waals surface area (Å²) in [5, 5.41) is 3.48. The maximum atomic E-state index is 4.47. The standard InChI is InChI=1S/C19H27N5/c1-16-14-24(11-8-18(16)17-6-4-3-5-7-17)19(20-2)22-10-13-23-12-9-21-15-23/h3-7,9,12,15-16,18H,8,10-11,13-14H2,1-2H3,(H,20,22). The molecule has 5 nitrogen and oxygen atoms in total. The highest BCUT2D eigenvalue weighted by atomic mass is 15.3. The lowest BCUT2D eigenvalue weighted by Crippen LogP contribution is -2.48. The SMILES string of the molecule is CN=C(NCCn1ccnc1)N1CCC(c2ccccc2)C(C)C1. The van der Waals surface area contributed by atoms with E-state index >= 15 is 0 Å². The van der Waals surface area contributed by atoms with Crippen molar-refractivity contribution in [3.8, 4) is 0 Å². The smallest absolute Gasteiger partial charge is 0.193 e. The second-order valence-corrected chi connectivity index (χ2v) is 6.50. The van der Waals surface area contributed by atoms with Gasteiger partial charge in [0, 0.05) is 45.6 Å². The molecular weight excluding hydrogens is 298 g/mol. The van der Waals surface area contributed by atoms with Crippen molar-refractivity contribution in [2.75, 3.05) is 26.7 Å². The number of guanidine groups is 1. The molecule has 0 amide bonds. The van der Waals surface area contributed by atoms with Crippen molar-refractivity contribution < 1.29 is 0 Å². The summed E-state index contributed by atoms with van der Waals surface area (Å²) in [6, 6.07) is 10.9. The van der Waals surface area contributed by atoms with Gasteiger partial charge in [0.2, 0.25) is 0 Å². The molecule has 3 rings (SSSR count). The molecule has 1 aromatic heterocycles. The summed E-state index contributed by atoms with van der Waals surface area (Å²) >= 11 is 0. The molecule has 1 aliphatic heterocycles. The van der Waals surface area contributed by atoms with Crippen LogP contribution in [-0.2, 0) is 6.54 Å². The third kappa shape index (κ3) is 3.96. The molecular formula is C19H27N5. The summed E-state index contributed by atoms with van der Waals surface area (Å²) in [6.45, 7) is 6.20. The lowest BCUT2D eigenvalue weighted by Gasteiger charge is -2.39. The molecule has 0 saturated carbocycles. The van der Waals surface area contributed by atoms with Gasteiger partial charge in [-0.1, -0.05) is 37.3 Å². The number of nitrogens with one attached hydrogen (secondary N) is 1. The molecule has 1 aliphatic rings. The Morgan fingerprint density at radius 1 is 1.33 bits per heavy atom. The van der Waals surface area contributed by atoms with Crippen molar-refractivity contribution >= 4 is 5.96 Å². The highest BCUT2D eigenvalue weighted by Gasteiger charge is 2.28. The average Bonchev–Trinajstić information content (AvgIpc) is 3.13. The van der Waals surface area contributed by atoms with Gasteiger partial charge in [-0.05, 0) is 23.8 Å². The summed E-state index contributed by atoms with van der Waals surface area (Å²) in [4.78, 5) is 10.9. The van der Waals surface area contributed by atoms with E-state index in [-0.39, 0.29) is 0 Å². The first-order chi connectivity index (χ1) is 11.8. The quantitative estimate of drug-likeness (QED) is 0.694. The first-order valence-corrected chi connectivity index (χ1v) is 8.74. The van der Waals surface area contributed by atoms with E-state index in [1.807, 2.05) is 25.8 Å². The number of aromatic nitrogens is 2. The second kappa shape index (κ2) is 7.99. The van der Waals surface area contributed by atoms with E-state index in [4.69, 9.17) is 0 Å². The molecule has 2 heterocycles. The molecule has 0 bridgehead atoms. The molecule has 0 spiro atoms. The van der Waals surface area contributed by atoms with Crippen molar-refractivity contribution in [1.82, 2.24) is 19.8 Å². The van der Waals surface area contributed by atoms with E-state index in [1.54, 1.807) is 0 Å². The number of nitrogens with zero attached hydrogens (tertiary/aromatic N) is 4. The second-order valence-electron chi connectivity index (χ2n) is 6.50. The van der Waals surface area contributed by atoms with Crippen molar-refractivity contribution in [3.05, 3.63) is 54.6 Å². The lowest BCUT2D eigenvalue weighted by molar-refractivity contribution is 0.234. The Balaban J connectivity index is 1.53. The van der Waals surface area contributed by atoms with Crippen LogP contribution >= 0.6 is 0 Å². The van der Waals surface area contributed by atoms with E-state index in [1.165, 1.54) is 12.0 Å². The molecule has 24 heavy (non-hydrogen) atoms. The maximum absolute atomic E-state index is 4.47. The van der Waals surface area contributed by atoms with Gasteiger partial charge in [-0.3, -0.25) is 4.99 Å². The van der Waals surface area contributed by atoms with E-state index in [0.717, 1.165) is 32.1 Å². The number of benzene rings is 1. The van der Waals surface area contributed by atoms with E-state index < -0.39 is 0 Å². The van der Waals surface area contributed by atoms with Gasteiger partial charge in [-0.2, -0.15) is 0 Å². The number of imidazole rings is 1. The van der Waals surface area contributed by atoms with E-state index in [9.17, 15) is 0 Å². The Morgan fingerprint density at radius 2 is 2.17 bits per heavy atom. The fourth-order valence-corrected chi connectivity index (χ4v) is 3.58. The summed E-state index contributed by atoms with van der Waals surface area (Å²) in [7, 11) is 1.87. The van der Waals surface area contributed by atoms with Crippen LogP contribution in [0.25, 0.3) is 0 Å². The van der Waals surface area contributed by atoms with Crippen molar-refractivity contribution in [2.45, 2.75) is 25.8 Å². The molecule has 1 N–H and O–H groups in total. The fraction of sp³-hybridized carbons (Fsp3) is 0.474. The molecule has 1 aromatic carbocycles. The van der Waals surface area contributed by atoms with Crippen LogP contribution in [-0.4, -0.2) is 47.1 Å². The lowest BCUT2D eigenvalue weighted by atomic mass is 9.82. The summed E-state index contributed by atoms with van der Waals surface area (Å²) < 4.78 is 2.07. The zero-order chi connectivity index (χ0) is 16.8. The summed E-state index contributed by atoms with van der Waals surface area (Å²) in [5.74, 6) is 2.27. The van der Waals surface area contributed by atoms with E-state index in [0.29, 0.717) is 11.8 Å². The maximum Gasteiger partial charge on any atom is 0.193 e. The van der Waals surface area contributed by atoms with Crippen LogP contribution in [0.5, 0.6) is 0 Å². The zero-order valence-corrected chi connectivity index (χ0v) is 14.6. The van der Waals surface area contributed by atoms with Crippen LogP contribution in [0.15, 0.2) is 54.0 Å². The van der Waals surface area contributed by atoms with E-state index in [2.05, 4.69) is 62.0 Å².